The van der Waals surface area contributed by atoms with Crippen LogP contribution >= 0.6 is 11.6 Å². The molecule has 2 fully saturated rings. The predicted molar refractivity (Wildman–Crippen MR) is 159 cm³/mol. The number of hydrogen-bond donors (Lipinski definition) is 2. The highest BCUT2D eigenvalue weighted by atomic mass is 35.5. The summed E-state index contributed by atoms with van der Waals surface area (Å²) in [5.74, 6) is 0.475. The molecule has 0 spiro atoms. The summed E-state index contributed by atoms with van der Waals surface area (Å²) in [6.07, 6.45) is 5.07. The van der Waals surface area contributed by atoms with Gasteiger partial charge in [-0.25, -0.2) is 14.4 Å². The van der Waals surface area contributed by atoms with Crippen LogP contribution < -0.4 is 15.4 Å². The van der Waals surface area contributed by atoms with Crippen molar-refractivity contribution in [3.8, 4) is 5.75 Å². The molecular weight excluding hydrogens is 561 g/mol. The van der Waals surface area contributed by atoms with Gasteiger partial charge in [0.05, 0.1) is 36.0 Å². The van der Waals surface area contributed by atoms with Crippen molar-refractivity contribution in [3.05, 3.63) is 95.5 Å². The van der Waals surface area contributed by atoms with Gasteiger partial charge in [-0.3, -0.25) is 9.69 Å². The fourth-order valence-electron chi connectivity index (χ4n) is 5.03. The lowest BCUT2D eigenvalue weighted by Gasteiger charge is -2.24. The van der Waals surface area contributed by atoms with E-state index in [1.165, 1.54) is 24.5 Å². The Bertz CT molecular complexity index is 1610. The molecular formula is C31H29ClFN5O4. The number of nitrogens with one attached hydrogen (secondary N) is 2. The highest BCUT2D eigenvalue weighted by Gasteiger charge is 2.35. The molecule has 1 amide bonds. The standard InChI is InChI=1S/C31H29ClFN5O4/c32-25-15-23(7-9-27(25)42-18-20-3-1-4-21(33)13-20)37-31-24-14-22(6-8-26(24)34-19-35-31)36-30(39)5-2-10-38-16-28-29(17-38)41-12-11-40-28/h1-9,13-15,19,28-29H,10-12,16-18H2,(H,36,39)(H,34,35,37). The molecule has 6 rings (SSSR count). The van der Waals surface area contributed by atoms with E-state index in [-0.39, 0.29) is 30.5 Å². The smallest absolute Gasteiger partial charge is 0.248 e. The lowest BCUT2D eigenvalue weighted by Crippen LogP contribution is -2.36. The van der Waals surface area contributed by atoms with Crippen LogP contribution in [0, 0.1) is 5.82 Å². The second-order valence-electron chi connectivity index (χ2n) is 10.1. The number of carbonyl (C=O) groups is 1. The van der Waals surface area contributed by atoms with Gasteiger partial charge in [0.1, 0.15) is 30.3 Å². The summed E-state index contributed by atoms with van der Waals surface area (Å²) < 4.78 is 30.7. The molecule has 2 N–H and O–H groups in total. The summed E-state index contributed by atoms with van der Waals surface area (Å²) in [5.41, 5.74) is 2.71. The fourth-order valence-corrected chi connectivity index (χ4v) is 5.27. The number of rotatable bonds is 9. The Morgan fingerprint density at radius 2 is 1.86 bits per heavy atom. The van der Waals surface area contributed by atoms with Gasteiger partial charge < -0.3 is 24.8 Å². The SMILES string of the molecule is O=C(C=CCN1CC2OCCOC2C1)Nc1ccc2ncnc(Nc3ccc(OCc4cccc(F)c4)c(Cl)c3)c2c1. The molecule has 0 bridgehead atoms. The van der Waals surface area contributed by atoms with Crippen molar-refractivity contribution < 1.29 is 23.4 Å². The number of nitrogens with zero attached hydrogens (tertiary/aromatic N) is 3. The third-order valence-corrected chi connectivity index (χ3v) is 7.35. The second kappa shape index (κ2) is 12.8. The molecule has 3 heterocycles. The number of hydrogen-bond acceptors (Lipinski definition) is 8. The topological polar surface area (TPSA) is 97.8 Å². The van der Waals surface area contributed by atoms with Crippen molar-refractivity contribution in [2.75, 3.05) is 43.5 Å². The first kappa shape index (κ1) is 28.0. The second-order valence-corrected chi connectivity index (χ2v) is 10.5. The molecule has 2 saturated heterocycles. The molecule has 0 saturated carbocycles. The quantitative estimate of drug-likeness (QED) is 0.253. The van der Waals surface area contributed by atoms with E-state index in [0.29, 0.717) is 58.8 Å². The van der Waals surface area contributed by atoms with Crippen LogP contribution in [-0.4, -0.2) is 65.8 Å². The average Bonchev–Trinajstić information content (AvgIpc) is 3.40. The molecule has 42 heavy (non-hydrogen) atoms. The van der Waals surface area contributed by atoms with Crippen molar-refractivity contribution in [2.24, 2.45) is 0 Å². The first-order valence-electron chi connectivity index (χ1n) is 13.6. The monoisotopic (exact) mass is 589 g/mol. The zero-order valence-electron chi connectivity index (χ0n) is 22.6. The molecule has 0 aliphatic carbocycles. The zero-order valence-corrected chi connectivity index (χ0v) is 23.4. The van der Waals surface area contributed by atoms with Gasteiger partial charge >= 0.3 is 0 Å². The van der Waals surface area contributed by atoms with Crippen LogP contribution in [-0.2, 0) is 20.9 Å². The minimum absolute atomic E-state index is 0.109. The van der Waals surface area contributed by atoms with Gasteiger partial charge in [-0.05, 0) is 54.1 Å². The third-order valence-electron chi connectivity index (χ3n) is 7.05. The molecule has 2 atom stereocenters. The number of likely N-dealkylation sites (tertiary alicyclic amines) is 1. The molecule has 0 radical (unpaired) electrons. The van der Waals surface area contributed by atoms with E-state index in [0.717, 1.165) is 18.5 Å². The largest absolute Gasteiger partial charge is 0.487 e. The molecule has 1 aromatic heterocycles. The summed E-state index contributed by atoms with van der Waals surface area (Å²) in [7, 11) is 0. The number of carbonyl (C=O) groups excluding carboxylic acids is 1. The number of benzene rings is 3. The highest BCUT2D eigenvalue weighted by Crippen LogP contribution is 2.31. The molecule has 2 aliphatic heterocycles. The van der Waals surface area contributed by atoms with Gasteiger partial charge in [-0.2, -0.15) is 0 Å². The van der Waals surface area contributed by atoms with Crippen LogP contribution in [0.5, 0.6) is 5.75 Å². The molecule has 11 heteroatoms. The van der Waals surface area contributed by atoms with E-state index in [1.807, 2.05) is 24.3 Å². The van der Waals surface area contributed by atoms with Gasteiger partial charge in [0, 0.05) is 42.5 Å². The number of anilines is 3. The molecule has 2 aliphatic rings. The fraction of sp³-hybridized carbons (Fsp3) is 0.258. The maximum absolute atomic E-state index is 13.4. The molecule has 216 valence electrons. The Hall–Kier alpha value is -4.09. The number of aromatic nitrogens is 2. The van der Waals surface area contributed by atoms with Gasteiger partial charge in [0.25, 0.3) is 0 Å². The molecule has 3 aromatic carbocycles. The van der Waals surface area contributed by atoms with Crippen LogP contribution in [0.2, 0.25) is 5.02 Å². The summed E-state index contributed by atoms with van der Waals surface area (Å²) in [6, 6.07) is 16.9. The average molecular weight is 590 g/mol. The maximum Gasteiger partial charge on any atom is 0.248 e. The van der Waals surface area contributed by atoms with Crippen molar-refractivity contribution in [3.63, 3.8) is 0 Å². The Kier molecular flexibility index (Phi) is 8.57. The predicted octanol–water partition coefficient (Wildman–Crippen LogP) is 5.34. The minimum atomic E-state index is -0.320. The number of fused-ring (bicyclic) bond motifs is 2. The Balaban J connectivity index is 1.08. The van der Waals surface area contributed by atoms with E-state index in [2.05, 4.69) is 25.5 Å². The lowest BCUT2D eigenvalue weighted by molar-refractivity contribution is -0.116. The normalized spacial score (nSPS) is 18.7. The summed E-state index contributed by atoms with van der Waals surface area (Å²) >= 11 is 6.47. The van der Waals surface area contributed by atoms with Crippen molar-refractivity contribution in [1.82, 2.24) is 14.9 Å². The van der Waals surface area contributed by atoms with Gasteiger partial charge in [-0.15, -0.1) is 0 Å². The molecule has 9 nitrogen and oxygen atoms in total. The van der Waals surface area contributed by atoms with E-state index in [1.54, 1.807) is 30.3 Å². The summed E-state index contributed by atoms with van der Waals surface area (Å²) in [6.45, 7) is 3.70. The van der Waals surface area contributed by atoms with Crippen LogP contribution in [0.4, 0.5) is 21.6 Å². The summed E-state index contributed by atoms with van der Waals surface area (Å²) in [4.78, 5) is 23.6. The van der Waals surface area contributed by atoms with Gasteiger partial charge in [0.15, 0.2) is 0 Å². The van der Waals surface area contributed by atoms with Crippen molar-refractivity contribution in [1.29, 1.82) is 0 Å². The van der Waals surface area contributed by atoms with Crippen LogP contribution in [0.3, 0.4) is 0 Å². The Morgan fingerprint density at radius 3 is 2.64 bits per heavy atom. The maximum atomic E-state index is 13.4. The first-order valence-corrected chi connectivity index (χ1v) is 14.0. The Morgan fingerprint density at radius 1 is 1.05 bits per heavy atom. The molecule has 2 unspecified atom stereocenters. The van der Waals surface area contributed by atoms with Crippen molar-refractivity contribution in [2.45, 2.75) is 18.8 Å². The Labute approximate surface area is 247 Å². The molecule has 4 aromatic rings. The lowest BCUT2D eigenvalue weighted by atomic mass is 10.2. The highest BCUT2D eigenvalue weighted by molar-refractivity contribution is 6.32. The van der Waals surface area contributed by atoms with Crippen LogP contribution in [0.15, 0.2) is 79.1 Å². The van der Waals surface area contributed by atoms with Gasteiger partial charge in [-0.1, -0.05) is 29.8 Å². The van der Waals surface area contributed by atoms with E-state index >= 15 is 0 Å². The van der Waals surface area contributed by atoms with Crippen LogP contribution in [0.25, 0.3) is 10.9 Å². The van der Waals surface area contributed by atoms with Crippen molar-refractivity contribution >= 4 is 45.6 Å². The van der Waals surface area contributed by atoms with E-state index in [4.69, 9.17) is 25.8 Å². The number of halogens is 2. The minimum Gasteiger partial charge on any atom is -0.487 e. The van der Waals surface area contributed by atoms with E-state index < -0.39 is 0 Å². The van der Waals surface area contributed by atoms with E-state index in [9.17, 15) is 9.18 Å². The number of amides is 1. The number of ether oxygens (including phenoxy) is 3. The van der Waals surface area contributed by atoms with Crippen LogP contribution in [0.1, 0.15) is 5.56 Å². The third kappa shape index (κ3) is 6.85. The zero-order chi connectivity index (χ0) is 28.9. The van der Waals surface area contributed by atoms with Gasteiger partial charge in [0.2, 0.25) is 5.91 Å². The summed E-state index contributed by atoms with van der Waals surface area (Å²) in [5, 5.41) is 7.29. The first-order chi connectivity index (χ1) is 20.5.